The summed E-state index contributed by atoms with van der Waals surface area (Å²) in [6, 6.07) is 12.4. The molecule has 8 heteroatoms. The lowest BCUT2D eigenvalue weighted by atomic mass is 9.35. The van der Waals surface area contributed by atoms with Gasteiger partial charge in [0.15, 0.2) is 10.2 Å². The molecule has 1 spiro atoms. The number of aryl methyl sites for hydroxylation is 4. The van der Waals surface area contributed by atoms with Gasteiger partial charge in [-0.15, -0.1) is 0 Å². The maximum absolute atomic E-state index is 14.3. The molecule has 3 saturated carbocycles. The van der Waals surface area contributed by atoms with Crippen LogP contribution in [0.3, 0.4) is 0 Å². The van der Waals surface area contributed by atoms with Crippen LogP contribution in [0.1, 0.15) is 94.9 Å². The van der Waals surface area contributed by atoms with Crippen LogP contribution >= 0.6 is 24.4 Å². The third kappa shape index (κ3) is 6.60. The van der Waals surface area contributed by atoms with Crippen molar-refractivity contribution in [3.05, 3.63) is 70.3 Å². The molecule has 7 rings (SSSR count). The second-order valence-corrected chi connectivity index (χ2v) is 17.5. The molecule has 0 aromatic heterocycles. The fourth-order valence-electron chi connectivity index (χ4n) is 11.0. The number of hydrogen-bond donors (Lipinski definition) is 4. The molecule has 0 radical (unpaired) electrons. The number of carbonyl (C=O) groups excluding carboxylic acids is 2. The molecule has 0 saturated heterocycles. The van der Waals surface area contributed by atoms with Crippen LogP contribution in [-0.2, 0) is 9.59 Å². The van der Waals surface area contributed by atoms with Crippen LogP contribution in [0.2, 0.25) is 0 Å². The summed E-state index contributed by atoms with van der Waals surface area (Å²) in [6.07, 6.45) is 9.15. The smallest absolute Gasteiger partial charge is 0.232 e. The van der Waals surface area contributed by atoms with Crippen molar-refractivity contribution in [2.45, 2.75) is 100 Å². The third-order valence-corrected chi connectivity index (χ3v) is 13.2. The second-order valence-electron chi connectivity index (χ2n) is 16.7. The molecule has 49 heavy (non-hydrogen) atoms. The van der Waals surface area contributed by atoms with Crippen LogP contribution in [0.5, 0.6) is 0 Å². The number of benzene rings is 2. The van der Waals surface area contributed by atoms with Crippen LogP contribution in [0.15, 0.2) is 48.0 Å². The van der Waals surface area contributed by atoms with E-state index in [0.717, 1.165) is 78.6 Å². The fraction of sp³-hybridized carbons (Fsp3) is 0.561. The first-order chi connectivity index (χ1) is 23.0. The van der Waals surface area contributed by atoms with E-state index in [4.69, 9.17) is 24.4 Å². The van der Waals surface area contributed by atoms with E-state index in [1.807, 2.05) is 24.3 Å². The molecule has 2 aromatic carbocycles. The molecular formula is C41H54N4O2S2. The Balaban J connectivity index is 1.24. The highest BCUT2D eigenvalue weighted by Crippen LogP contribution is 2.72. The summed E-state index contributed by atoms with van der Waals surface area (Å²) in [7, 11) is 0. The molecule has 5 aliphatic carbocycles. The largest absolute Gasteiger partial charge is 0.332 e. The molecule has 1 unspecified atom stereocenters. The normalized spacial score (nSPS) is 31.6. The zero-order valence-electron chi connectivity index (χ0n) is 30.5. The van der Waals surface area contributed by atoms with Gasteiger partial charge in [0.2, 0.25) is 11.8 Å². The van der Waals surface area contributed by atoms with Crippen LogP contribution in [0.4, 0.5) is 11.4 Å². The summed E-state index contributed by atoms with van der Waals surface area (Å²) in [5, 5.41) is 13.5. The van der Waals surface area contributed by atoms with Crippen LogP contribution < -0.4 is 21.3 Å². The predicted molar refractivity (Wildman–Crippen MR) is 208 cm³/mol. The Kier molecular flexibility index (Phi) is 9.64. The topological polar surface area (TPSA) is 82.3 Å². The average Bonchev–Trinajstić information content (AvgIpc) is 2.99. The lowest BCUT2D eigenvalue weighted by Gasteiger charge is -2.68. The minimum absolute atomic E-state index is 0.0118. The fourth-order valence-corrected chi connectivity index (χ4v) is 11.5. The van der Waals surface area contributed by atoms with Gasteiger partial charge in [-0.05, 0) is 166 Å². The standard InChI is InChI=1S/C41H54N4O2S2/c1-23(2)31-22-41-13-10-33-39(7,11-9-12-40(33,8)36(47)45-38(49)43-30-18-26(5)15-27(6)19-30)34(41)21-28(31)20-32(41)35(46)44-37(48)42-29-16-24(3)14-25(4)17-29/h14-19,22-23,28,32-34H,9-13,20-21H2,1-8H3,(H2,42,44,46,48)(H2,43,45,47,49)/t28-,32?,33-,34-,39+,40-,41+/m1/s1. The average molecular weight is 699 g/mol. The summed E-state index contributed by atoms with van der Waals surface area (Å²) in [5.41, 5.74) is 6.97. The van der Waals surface area contributed by atoms with Crippen LogP contribution in [0, 0.1) is 73.5 Å². The molecule has 5 aliphatic rings. The number of anilines is 2. The van der Waals surface area contributed by atoms with Crippen molar-refractivity contribution in [3.63, 3.8) is 0 Å². The summed E-state index contributed by atoms with van der Waals surface area (Å²) >= 11 is 11.4. The van der Waals surface area contributed by atoms with E-state index in [2.05, 4.69) is 94.9 Å². The first kappa shape index (κ1) is 35.7. The lowest BCUT2D eigenvalue weighted by Crippen LogP contribution is -2.65. The quantitative estimate of drug-likeness (QED) is 0.184. The monoisotopic (exact) mass is 698 g/mol. The lowest BCUT2D eigenvalue weighted by molar-refractivity contribution is -0.181. The molecule has 7 atom stereocenters. The zero-order chi connectivity index (χ0) is 35.5. The van der Waals surface area contributed by atoms with Gasteiger partial charge in [-0.2, -0.15) is 0 Å². The van der Waals surface area contributed by atoms with Crippen LogP contribution in [-0.4, -0.2) is 22.0 Å². The van der Waals surface area contributed by atoms with Gasteiger partial charge in [0.05, 0.1) is 5.41 Å². The van der Waals surface area contributed by atoms with Gasteiger partial charge in [-0.3, -0.25) is 9.59 Å². The van der Waals surface area contributed by atoms with E-state index < -0.39 is 5.41 Å². The Hall–Kier alpha value is -3.10. The van der Waals surface area contributed by atoms with Crippen molar-refractivity contribution in [2.75, 3.05) is 10.6 Å². The van der Waals surface area contributed by atoms with Crippen molar-refractivity contribution in [2.24, 2.45) is 45.8 Å². The summed E-state index contributed by atoms with van der Waals surface area (Å²) in [6.45, 7) is 17.4. The molecular weight excluding hydrogens is 645 g/mol. The maximum atomic E-state index is 14.3. The van der Waals surface area contributed by atoms with Crippen molar-refractivity contribution in [1.82, 2.24) is 10.6 Å². The van der Waals surface area contributed by atoms with E-state index in [1.54, 1.807) is 0 Å². The van der Waals surface area contributed by atoms with Crippen molar-refractivity contribution in [3.8, 4) is 0 Å². The highest BCUT2D eigenvalue weighted by molar-refractivity contribution is 7.80. The zero-order valence-corrected chi connectivity index (χ0v) is 32.1. The van der Waals surface area contributed by atoms with Crippen molar-refractivity contribution < 1.29 is 9.59 Å². The van der Waals surface area contributed by atoms with Crippen molar-refractivity contribution in [1.29, 1.82) is 0 Å². The van der Waals surface area contributed by atoms with Crippen molar-refractivity contribution >= 4 is 57.8 Å². The molecule has 2 bridgehead atoms. The highest BCUT2D eigenvalue weighted by atomic mass is 32.1. The van der Waals surface area contributed by atoms with Gasteiger partial charge in [-0.1, -0.05) is 57.9 Å². The molecule has 2 amide bonds. The summed E-state index contributed by atoms with van der Waals surface area (Å²) < 4.78 is 0. The van der Waals surface area contributed by atoms with E-state index >= 15 is 0 Å². The molecule has 6 nitrogen and oxygen atoms in total. The molecule has 262 valence electrons. The number of allylic oxidation sites excluding steroid dienone is 2. The molecule has 2 aromatic rings. The Labute approximate surface area is 304 Å². The Bertz CT molecular complexity index is 1690. The molecule has 3 fully saturated rings. The Morgan fingerprint density at radius 3 is 1.86 bits per heavy atom. The Morgan fingerprint density at radius 1 is 0.755 bits per heavy atom. The first-order valence-corrected chi connectivity index (χ1v) is 19.0. The SMILES string of the molecule is Cc1cc(C)cc(NC(=S)NC(=O)C2C[C@@H]3C[C@@H]4[C@@]5(C)CCC[C@@](C)(C(=O)NC(=S)Nc6cc(C)cc(C)c6)[C@@H]5CC[C@]24C=C3C(C)C)c1. The molecule has 0 aliphatic heterocycles. The van der Waals surface area contributed by atoms with Gasteiger partial charge >= 0.3 is 0 Å². The maximum Gasteiger partial charge on any atom is 0.232 e. The number of hydrogen-bond acceptors (Lipinski definition) is 4. The second kappa shape index (κ2) is 13.2. The number of rotatable bonds is 5. The minimum atomic E-state index is -0.556. The van der Waals surface area contributed by atoms with Crippen LogP contribution in [0.25, 0.3) is 0 Å². The van der Waals surface area contributed by atoms with E-state index in [1.165, 1.54) is 5.57 Å². The minimum Gasteiger partial charge on any atom is -0.332 e. The number of nitrogens with one attached hydrogen (secondary N) is 4. The molecule has 4 N–H and O–H groups in total. The molecule has 0 heterocycles. The van der Waals surface area contributed by atoms with Gasteiger partial charge in [-0.25, -0.2) is 0 Å². The Morgan fingerprint density at radius 2 is 1.31 bits per heavy atom. The third-order valence-electron chi connectivity index (χ3n) is 12.8. The van der Waals surface area contributed by atoms with Gasteiger partial charge in [0, 0.05) is 22.7 Å². The number of carbonyl (C=O) groups is 2. The predicted octanol–water partition coefficient (Wildman–Crippen LogP) is 9.08. The first-order valence-electron chi connectivity index (χ1n) is 18.2. The highest BCUT2D eigenvalue weighted by Gasteiger charge is 2.67. The number of amides is 2. The van der Waals surface area contributed by atoms with Gasteiger partial charge in [0.25, 0.3) is 0 Å². The summed E-state index contributed by atoms with van der Waals surface area (Å²) in [5.74, 6) is 1.18. The van der Waals surface area contributed by atoms with E-state index in [-0.39, 0.29) is 34.5 Å². The van der Waals surface area contributed by atoms with Gasteiger partial charge < -0.3 is 21.3 Å². The summed E-state index contributed by atoms with van der Waals surface area (Å²) in [4.78, 5) is 28.6. The number of fused-ring (bicyclic) bond motifs is 2. The van der Waals surface area contributed by atoms with Gasteiger partial charge in [0.1, 0.15) is 0 Å². The number of thiocarbonyl (C=S) groups is 2. The van der Waals surface area contributed by atoms with E-state index in [0.29, 0.717) is 28.0 Å². The van der Waals surface area contributed by atoms with E-state index in [9.17, 15) is 9.59 Å².